The predicted molar refractivity (Wildman–Crippen MR) is 97.6 cm³/mol. The molecule has 0 aliphatic heterocycles. The van der Waals surface area contributed by atoms with E-state index in [1.807, 2.05) is 18.7 Å². The van der Waals surface area contributed by atoms with Gasteiger partial charge < -0.3 is 15.3 Å². The zero-order valence-electron chi connectivity index (χ0n) is 15.5. The highest BCUT2D eigenvalue weighted by Gasteiger charge is 2.30. The minimum absolute atomic E-state index is 0.0198. The Morgan fingerprint density at radius 3 is 2.00 bits per heavy atom. The summed E-state index contributed by atoms with van der Waals surface area (Å²) >= 11 is 0. The maximum absolute atomic E-state index is 12.5. The van der Waals surface area contributed by atoms with E-state index in [4.69, 9.17) is 5.11 Å². The molecule has 0 aromatic heterocycles. The van der Waals surface area contributed by atoms with Crippen LogP contribution in [0.1, 0.15) is 57.3 Å². The average Bonchev–Trinajstić information content (AvgIpc) is 2.54. The van der Waals surface area contributed by atoms with E-state index in [0.717, 1.165) is 25.9 Å². The van der Waals surface area contributed by atoms with Crippen molar-refractivity contribution in [3.05, 3.63) is 29.8 Å². The van der Waals surface area contributed by atoms with Crippen LogP contribution in [0.2, 0.25) is 0 Å². The zero-order chi connectivity index (χ0) is 19.0. The summed E-state index contributed by atoms with van der Waals surface area (Å²) < 4.78 is 0. The number of nitrogens with one attached hydrogen (secondary N) is 1. The maximum Gasteiger partial charge on any atom is 0.309 e. The average molecular weight is 348 g/mol. The Morgan fingerprint density at radius 1 is 1.04 bits per heavy atom. The smallest absolute Gasteiger partial charge is 0.309 e. The van der Waals surface area contributed by atoms with Crippen LogP contribution >= 0.6 is 0 Å². The van der Waals surface area contributed by atoms with E-state index in [9.17, 15) is 14.4 Å². The number of carbonyl (C=O) groups is 3. The van der Waals surface area contributed by atoms with Crippen molar-refractivity contribution in [3.63, 3.8) is 0 Å². The summed E-state index contributed by atoms with van der Waals surface area (Å²) in [4.78, 5) is 37.4. The van der Waals surface area contributed by atoms with Crippen LogP contribution in [0.4, 0.5) is 5.69 Å². The molecule has 0 saturated carbocycles. The summed E-state index contributed by atoms with van der Waals surface area (Å²) in [7, 11) is 0. The van der Waals surface area contributed by atoms with Crippen molar-refractivity contribution in [2.75, 3.05) is 18.4 Å². The van der Waals surface area contributed by atoms with Gasteiger partial charge in [-0.05, 0) is 51.0 Å². The van der Waals surface area contributed by atoms with Crippen LogP contribution in [-0.2, 0) is 9.59 Å². The van der Waals surface area contributed by atoms with Crippen molar-refractivity contribution in [3.8, 4) is 0 Å². The van der Waals surface area contributed by atoms with Crippen LogP contribution in [0.5, 0.6) is 0 Å². The summed E-state index contributed by atoms with van der Waals surface area (Å²) in [6.45, 7) is 8.52. The summed E-state index contributed by atoms with van der Waals surface area (Å²) in [5.74, 6) is -1.41. The Kier molecular flexibility index (Phi) is 7.61. The van der Waals surface area contributed by atoms with Crippen molar-refractivity contribution in [2.45, 2.75) is 47.0 Å². The van der Waals surface area contributed by atoms with Gasteiger partial charge in [0.15, 0.2) is 0 Å². The third-order valence-electron chi connectivity index (χ3n) is 3.87. The lowest BCUT2D eigenvalue weighted by atomic mass is 9.89. The molecule has 6 heteroatoms. The highest BCUT2D eigenvalue weighted by molar-refractivity contribution is 5.96. The number of nitrogens with zero attached hydrogens (tertiary/aromatic N) is 1. The largest absolute Gasteiger partial charge is 0.481 e. The topological polar surface area (TPSA) is 86.7 Å². The van der Waals surface area contributed by atoms with Gasteiger partial charge in [-0.1, -0.05) is 13.8 Å². The molecule has 0 heterocycles. The van der Waals surface area contributed by atoms with Crippen LogP contribution in [0.25, 0.3) is 0 Å². The molecule has 6 nitrogen and oxygen atoms in total. The molecule has 2 N–H and O–H groups in total. The van der Waals surface area contributed by atoms with Crippen LogP contribution in [-0.4, -0.2) is 40.9 Å². The molecule has 0 unspecified atom stereocenters. The SMILES string of the molecule is CCCN(CCC)C(=O)c1ccc(NC(=O)CC(C)(C)C(=O)O)cc1. The van der Waals surface area contributed by atoms with Crippen molar-refractivity contribution >= 4 is 23.5 Å². The monoisotopic (exact) mass is 348 g/mol. The van der Waals surface area contributed by atoms with E-state index in [1.165, 1.54) is 13.8 Å². The van der Waals surface area contributed by atoms with Crippen molar-refractivity contribution in [1.29, 1.82) is 0 Å². The van der Waals surface area contributed by atoms with Crippen LogP contribution < -0.4 is 5.32 Å². The summed E-state index contributed by atoms with van der Waals surface area (Å²) in [6, 6.07) is 6.68. The van der Waals surface area contributed by atoms with Crippen LogP contribution in [0.3, 0.4) is 0 Å². The second-order valence-corrected chi connectivity index (χ2v) is 6.78. The number of hydrogen-bond donors (Lipinski definition) is 2. The predicted octanol–water partition coefficient (Wildman–Crippen LogP) is 3.39. The molecule has 2 amide bonds. The van der Waals surface area contributed by atoms with Gasteiger partial charge >= 0.3 is 5.97 Å². The minimum Gasteiger partial charge on any atom is -0.481 e. The summed E-state index contributed by atoms with van der Waals surface area (Å²) in [6.07, 6.45) is 1.68. The molecule has 0 radical (unpaired) electrons. The van der Waals surface area contributed by atoms with Gasteiger partial charge in [-0.15, -0.1) is 0 Å². The van der Waals surface area contributed by atoms with E-state index in [-0.39, 0.29) is 18.2 Å². The Labute approximate surface area is 149 Å². The highest BCUT2D eigenvalue weighted by Crippen LogP contribution is 2.21. The first-order valence-corrected chi connectivity index (χ1v) is 8.63. The van der Waals surface area contributed by atoms with Crippen molar-refractivity contribution < 1.29 is 19.5 Å². The second-order valence-electron chi connectivity index (χ2n) is 6.78. The third-order valence-corrected chi connectivity index (χ3v) is 3.87. The molecule has 0 aliphatic carbocycles. The molecule has 138 valence electrons. The highest BCUT2D eigenvalue weighted by atomic mass is 16.4. The third kappa shape index (κ3) is 6.21. The number of rotatable bonds is 9. The first kappa shape index (κ1) is 20.7. The number of hydrogen-bond acceptors (Lipinski definition) is 3. The molecule has 0 aliphatic rings. The van der Waals surface area contributed by atoms with Gasteiger partial charge in [0.1, 0.15) is 0 Å². The van der Waals surface area contributed by atoms with Gasteiger partial charge in [0, 0.05) is 30.8 Å². The number of carboxylic acids is 1. The summed E-state index contributed by atoms with van der Waals surface area (Å²) in [5.41, 5.74) is -0.00751. The van der Waals surface area contributed by atoms with E-state index in [1.54, 1.807) is 24.3 Å². The molecule has 0 saturated heterocycles. The first-order valence-electron chi connectivity index (χ1n) is 8.63. The molecular weight excluding hydrogens is 320 g/mol. The van der Waals surface area contributed by atoms with Gasteiger partial charge in [-0.25, -0.2) is 0 Å². The van der Waals surface area contributed by atoms with Crippen LogP contribution in [0.15, 0.2) is 24.3 Å². The Balaban J connectivity index is 2.74. The Morgan fingerprint density at radius 2 is 1.56 bits per heavy atom. The molecular formula is C19H28N2O4. The fraction of sp³-hybridized carbons (Fsp3) is 0.526. The van der Waals surface area contributed by atoms with Gasteiger partial charge in [0.25, 0.3) is 5.91 Å². The first-order chi connectivity index (χ1) is 11.7. The van der Waals surface area contributed by atoms with Gasteiger partial charge in [-0.3, -0.25) is 14.4 Å². The minimum atomic E-state index is -1.12. The standard InChI is InChI=1S/C19H28N2O4/c1-5-11-21(12-6-2)17(23)14-7-9-15(10-8-14)20-16(22)13-19(3,4)18(24)25/h7-10H,5-6,11-13H2,1-4H3,(H,20,22)(H,24,25). The fourth-order valence-corrected chi connectivity index (χ4v) is 2.42. The number of anilines is 1. The second kappa shape index (κ2) is 9.20. The number of amides is 2. The van der Waals surface area contributed by atoms with Gasteiger partial charge in [-0.2, -0.15) is 0 Å². The molecule has 1 rings (SSSR count). The van der Waals surface area contributed by atoms with E-state index < -0.39 is 11.4 Å². The normalized spacial score (nSPS) is 11.0. The van der Waals surface area contributed by atoms with Crippen molar-refractivity contribution in [2.24, 2.45) is 5.41 Å². The molecule has 25 heavy (non-hydrogen) atoms. The summed E-state index contributed by atoms with van der Waals surface area (Å²) in [5, 5.41) is 11.7. The Bertz CT molecular complexity index is 602. The molecule has 0 atom stereocenters. The Hall–Kier alpha value is -2.37. The molecule has 1 aromatic rings. The number of carboxylic acid groups (broad SMARTS) is 1. The van der Waals surface area contributed by atoms with E-state index >= 15 is 0 Å². The molecule has 0 bridgehead atoms. The molecule has 1 aromatic carbocycles. The van der Waals surface area contributed by atoms with E-state index in [0.29, 0.717) is 11.3 Å². The lowest BCUT2D eigenvalue weighted by molar-refractivity contribution is -0.148. The maximum atomic E-state index is 12.5. The number of aliphatic carboxylic acids is 1. The quantitative estimate of drug-likeness (QED) is 0.716. The zero-order valence-corrected chi connectivity index (χ0v) is 15.5. The van der Waals surface area contributed by atoms with Gasteiger partial charge in [0.05, 0.1) is 5.41 Å². The lowest BCUT2D eigenvalue weighted by Crippen LogP contribution is -2.32. The molecule has 0 fully saturated rings. The van der Waals surface area contributed by atoms with Crippen LogP contribution in [0, 0.1) is 5.41 Å². The van der Waals surface area contributed by atoms with E-state index in [2.05, 4.69) is 5.32 Å². The van der Waals surface area contributed by atoms with Crippen molar-refractivity contribution in [1.82, 2.24) is 4.90 Å². The fourth-order valence-electron chi connectivity index (χ4n) is 2.42. The number of benzene rings is 1. The van der Waals surface area contributed by atoms with Gasteiger partial charge in [0.2, 0.25) is 5.91 Å². The number of carbonyl (C=O) groups excluding carboxylic acids is 2. The molecule has 0 spiro atoms. The lowest BCUT2D eigenvalue weighted by Gasteiger charge is -2.21.